The molecule has 412 valence electrons. The van der Waals surface area contributed by atoms with E-state index in [0.29, 0.717) is 35.1 Å². The van der Waals surface area contributed by atoms with E-state index in [-0.39, 0.29) is 18.0 Å². The van der Waals surface area contributed by atoms with Crippen molar-refractivity contribution in [3.05, 3.63) is 60.2 Å². The molecule has 7 heteroatoms. The van der Waals surface area contributed by atoms with E-state index < -0.39 is 0 Å². The van der Waals surface area contributed by atoms with Crippen molar-refractivity contribution in [2.75, 3.05) is 6.61 Å². The van der Waals surface area contributed by atoms with Crippen molar-refractivity contribution in [2.24, 2.45) is 56.6 Å². The molecular weight excluding hydrogens is 925 g/mol. The molecule has 0 heterocycles. The second-order valence-corrected chi connectivity index (χ2v) is 24.4. The summed E-state index contributed by atoms with van der Waals surface area (Å²) in [6, 6.07) is 14.8. The first-order chi connectivity index (χ1) is 36.5. The van der Waals surface area contributed by atoms with E-state index >= 15 is 0 Å². The van der Waals surface area contributed by atoms with Gasteiger partial charge in [-0.3, -0.25) is 9.59 Å². The summed E-state index contributed by atoms with van der Waals surface area (Å²) in [5, 5.41) is 8.64. The number of hydrogen-bond acceptors (Lipinski definition) is 7. The fourth-order valence-corrected chi connectivity index (χ4v) is 14.0. The fourth-order valence-electron chi connectivity index (χ4n) is 14.0. The summed E-state index contributed by atoms with van der Waals surface area (Å²) in [4.78, 5) is 25.4. The molecule has 3 fully saturated rings. The summed E-state index contributed by atoms with van der Waals surface area (Å²) < 4.78 is 17.5. The van der Waals surface area contributed by atoms with Crippen LogP contribution in [0.4, 0.5) is 11.4 Å². The van der Waals surface area contributed by atoms with Gasteiger partial charge >= 0.3 is 11.9 Å². The molecule has 3 saturated carbocycles. The Hall–Kier alpha value is -4.36. The van der Waals surface area contributed by atoms with Crippen LogP contribution >= 0.6 is 0 Å². The Morgan fingerprint density at radius 2 is 1.21 bits per heavy atom. The Bertz CT molecular complexity index is 2190. The number of carbonyl (C=O) groups excluding carboxylic acids is 2. The number of fused-ring (bicyclic) bond motifs is 5. The van der Waals surface area contributed by atoms with Crippen molar-refractivity contribution in [3.63, 3.8) is 0 Å². The average molecular weight is 1030 g/mol. The van der Waals surface area contributed by atoms with Crippen LogP contribution in [0.5, 0.6) is 11.5 Å². The Kier molecular flexibility index (Phi) is 25.9. The standard InChI is InChI=1S/C68H100N2O5/c1-7-8-9-26-29-51-73-58-40-36-56(37-41-58)69-70-57-38-42-59(43-39-57)74-65(71)33-27-24-22-20-18-16-14-12-10-11-13-15-17-19-21-23-25-28-34-66(72)75-60-47-49-67(5)55(52-60)35-44-61-63-46-45-62(54(4)32-30-31-53(2)3)68(63,6)50-48-64(61)67/h35-43,53-54,60-64H,7-9,14-34,44-52H2,1-6H3/t54-,60+,61+,62-,63+,64+,67+,68-/m1/s1. The lowest BCUT2D eigenvalue weighted by Crippen LogP contribution is -2.51. The number of azo groups is 1. The van der Waals surface area contributed by atoms with Crippen LogP contribution in [0.25, 0.3) is 0 Å². The van der Waals surface area contributed by atoms with Crippen LogP contribution in [0.2, 0.25) is 0 Å². The zero-order chi connectivity index (χ0) is 53.1. The van der Waals surface area contributed by atoms with Crippen LogP contribution < -0.4 is 9.47 Å². The third kappa shape index (κ3) is 19.6. The molecule has 8 atom stereocenters. The van der Waals surface area contributed by atoms with Crippen LogP contribution in [0.3, 0.4) is 0 Å². The first-order valence-corrected chi connectivity index (χ1v) is 30.8. The number of carbonyl (C=O) groups is 2. The summed E-state index contributed by atoms with van der Waals surface area (Å²) in [5.41, 5.74) is 3.89. The van der Waals surface area contributed by atoms with Gasteiger partial charge in [0.1, 0.15) is 17.6 Å². The van der Waals surface area contributed by atoms with Crippen molar-refractivity contribution in [1.29, 1.82) is 0 Å². The zero-order valence-corrected chi connectivity index (χ0v) is 48.0. The lowest BCUT2D eigenvalue weighted by Gasteiger charge is -2.58. The molecule has 7 nitrogen and oxygen atoms in total. The molecule has 0 aromatic heterocycles. The van der Waals surface area contributed by atoms with Crippen molar-refractivity contribution in [2.45, 2.75) is 253 Å². The second-order valence-electron chi connectivity index (χ2n) is 24.4. The molecule has 0 bridgehead atoms. The molecule has 0 spiro atoms. The van der Waals surface area contributed by atoms with E-state index in [9.17, 15) is 9.59 Å². The van der Waals surface area contributed by atoms with Crippen molar-refractivity contribution in [3.8, 4) is 35.2 Å². The third-order valence-electron chi connectivity index (χ3n) is 18.4. The topological polar surface area (TPSA) is 86.6 Å². The van der Waals surface area contributed by atoms with Crippen LogP contribution in [0.15, 0.2) is 70.4 Å². The van der Waals surface area contributed by atoms with Gasteiger partial charge in [-0.15, -0.1) is 0 Å². The zero-order valence-electron chi connectivity index (χ0n) is 48.0. The third-order valence-corrected chi connectivity index (χ3v) is 18.4. The van der Waals surface area contributed by atoms with Gasteiger partial charge in [-0.1, -0.05) is 161 Å². The predicted octanol–water partition coefficient (Wildman–Crippen LogP) is 19.6. The van der Waals surface area contributed by atoms with Crippen LogP contribution in [0.1, 0.15) is 247 Å². The Balaban J connectivity index is 0.714. The first-order valence-electron chi connectivity index (χ1n) is 30.8. The van der Waals surface area contributed by atoms with Gasteiger partial charge in [0, 0.05) is 32.1 Å². The number of benzene rings is 2. The summed E-state index contributed by atoms with van der Waals surface area (Å²) in [5.74, 6) is 18.8. The molecule has 0 N–H and O–H groups in total. The lowest BCUT2D eigenvalue weighted by atomic mass is 9.47. The minimum absolute atomic E-state index is 0.0157. The normalized spacial score (nSPS) is 24.2. The van der Waals surface area contributed by atoms with Gasteiger partial charge in [-0.05, 0) is 184 Å². The lowest BCUT2D eigenvalue weighted by molar-refractivity contribution is -0.151. The van der Waals surface area contributed by atoms with Gasteiger partial charge in [-0.25, -0.2) is 0 Å². The highest BCUT2D eigenvalue weighted by atomic mass is 16.5. The maximum Gasteiger partial charge on any atom is 0.311 e. The first kappa shape index (κ1) is 59.9. The van der Waals surface area contributed by atoms with Crippen LogP contribution in [0, 0.1) is 70.0 Å². The molecule has 2 aromatic carbocycles. The van der Waals surface area contributed by atoms with Crippen LogP contribution in [-0.2, 0) is 14.3 Å². The number of hydrogen-bond donors (Lipinski definition) is 0. The Morgan fingerprint density at radius 1 is 0.627 bits per heavy atom. The number of esters is 2. The maximum atomic E-state index is 13.0. The summed E-state index contributed by atoms with van der Waals surface area (Å²) in [6.07, 6.45) is 38.9. The van der Waals surface area contributed by atoms with Gasteiger partial charge in [0.2, 0.25) is 0 Å². The maximum absolute atomic E-state index is 13.0. The highest BCUT2D eigenvalue weighted by molar-refractivity contribution is 5.72. The average Bonchev–Trinajstić information content (AvgIpc) is 3.76. The molecule has 2 aromatic rings. The van der Waals surface area contributed by atoms with E-state index in [1.165, 1.54) is 103 Å². The van der Waals surface area contributed by atoms with Crippen molar-refractivity contribution < 1.29 is 23.8 Å². The van der Waals surface area contributed by atoms with Gasteiger partial charge in [-0.2, -0.15) is 10.2 Å². The van der Waals surface area contributed by atoms with Gasteiger partial charge in [0.05, 0.1) is 18.0 Å². The number of rotatable bonds is 32. The number of allylic oxidation sites excluding steroid dienone is 1. The monoisotopic (exact) mass is 1020 g/mol. The summed E-state index contributed by atoms with van der Waals surface area (Å²) >= 11 is 0. The minimum atomic E-state index is -0.203. The molecule has 0 saturated heterocycles. The number of ether oxygens (including phenoxy) is 3. The van der Waals surface area contributed by atoms with Gasteiger partial charge in [0.25, 0.3) is 0 Å². The predicted molar refractivity (Wildman–Crippen MR) is 309 cm³/mol. The fraction of sp³-hybridized carbons (Fsp3) is 0.706. The molecule has 6 rings (SSSR count). The molecule has 0 aliphatic heterocycles. The molecule has 0 unspecified atom stereocenters. The molecular formula is C68H100N2O5. The quantitative estimate of drug-likeness (QED) is 0.0182. The van der Waals surface area contributed by atoms with Gasteiger partial charge < -0.3 is 14.2 Å². The Morgan fingerprint density at radius 3 is 1.85 bits per heavy atom. The van der Waals surface area contributed by atoms with E-state index in [1.54, 1.807) is 29.8 Å². The van der Waals surface area contributed by atoms with E-state index in [0.717, 1.165) is 143 Å². The molecule has 0 radical (unpaired) electrons. The second kappa shape index (κ2) is 32.4. The number of nitrogens with zero attached hydrogens (tertiary/aromatic N) is 2. The molecule has 0 amide bonds. The summed E-state index contributed by atoms with van der Waals surface area (Å²) in [6.45, 7) is 15.6. The molecule has 75 heavy (non-hydrogen) atoms. The van der Waals surface area contributed by atoms with E-state index in [2.05, 4.69) is 81.5 Å². The van der Waals surface area contributed by atoms with Crippen LogP contribution in [-0.4, -0.2) is 24.6 Å². The highest BCUT2D eigenvalue weighted by Gasteiger charge is 2.59. The van der Waals surface area contributed by atoms with Crippen molar-refractivity contribution >= 4 is 23.3 Å². The smallest absolute Gasteiger partial charge is 0.311 e. The SMILES string of the molecule is CCCCCCCOc1ccc(N=Nc2ccc(OC(=O)CCCCCCCCC#CC#CCCCCCCCCC(=O)O[C@H]3CC[C@@]4(C)C(=CC[C@H]5[C@@H]6CC[C@H]([C@H](C)CCCC(C)C)[C@@]6(C)CC[C@@H]54)C3)cc2)cc1. The molecule has 4 aliphatic carbocycles. The molecule has 4 aliphatic rings. The minimum Gasteiger partial charge on any atom is -0.494 e. The number of unbranched alkanes of at least 4 members (excludes halogenated alkanes) is 16. The summed E-state index contributed by atoms with van der Waals surface area (Å²) in [7, 11) is 0. The van der Waals surface area contributed by atoms with Crippen molar-refractivity contribution in [1.82, 2.24) is 0 Å². The van der Waals surface area contributed by atoms with E-state index in [1.807, 2.05) is 24.3 Å². The van der Waals surface area contributed by atoms with E-state index in [4.69, 9.17) is 14.2 Å². The largest absolute Gasteiger partial charge is 0.494 e. The van der Waals surface area contributed by atoms with Gasteiger partial charge in [0.15, 0.2) is 0 Å². The highest BCUT2D eigenvalue weighted by Crippen LogP contribution is 2.67. The Labute approximate surface area is 456 Å².